The molecule has 1 heterocycles. The second-order valence-electron chi connectivity index (χ2n) is 5.54. The number of amides is 1. The summed E-state index contributed by atoms with van der Waals surface area (Å²) in [5, 5.41) is 15.1. The summed E-state index contributed by atoms with van der Waals surface area (Å²) in [7, 11) is 0. The van der Waals surface area contributed by atoms with Gasteiger partial charge in [0, 0.05) is 23.1 Å². The first kappa shape index (κ1) is 19.3. The van der Waals surface area contributed by atoms with Crippen molar-refractivity contribution >= 4 is 52.0 Å². The number of nitrogens with one attached hydrogen (secondary N) is 1. The number of carbonyl (C=O) groups excluding carboxylic acids is 1. The normalized spacial score (nSPS) is 11.8. The highest BCUT2D eigenvalue weighted by Gasteiger charge is 2.19. The topological polar surface area (TPSA) is 85.1 Å². The third-order valence-corrected chi connectivity index (χ3v) is 6.01. The van der Waals surface area contributed by atoms with Gasteiger partial charge in [-0.15, -0.1) is 11.3 Å². The van der Waals surface area contributed by atoms with Crippen LogP contribution in [0, 0.1) is 10.1 Å². The maximum absolute atomic E-state index is 12.4. The molecule has 1 amide bonds. The molecule has 1 atom stereocenters. The van der Waals surface area contributed by atoms with Crippen LogP contribution in [-0.2, 0) is 4.79 Å². The number of benzene rings is 2. The number of non-ortho nitro benzene ring substituents is 1. The maximum atomic E-state index is 12.4. The zero-order valence-corrected chi connectivity index (χ0v) is 16.5. The minimum Gasteiger partial charge on any atom is -0.324 e. The molecule has 2 aromatic carbocycles. The Balaban J connectivity index is 1.65. The van der Waals surface area contributed by atoms with Crippen molar-refractivity contribution in [2.24, 2.45) is 0 Å². The number of hydrogen-bond acceptors (Lipinski definition) is 6. The van der Waals surface area contributed by atoms with Crippen molar-refractivity contribution < 1.29 is 9.72 Å². The molecule has 0 aliphatic rings. The zero-order valence-electron chi connectivity index (χ0n) is 14.1. The van der Waals surface area contributed by atoms with Gasteiger partial charge in [-0.05, 0) is 13.0 Å². The molecule has 6 nitrogen and oxygen atoms in total. The molecule has 0 saturated heterocycles. The standard InChI is InChI=1S/C18H14ClN3O3S2/c1-11(17(23)20-15-8-7-13(22(24)25)9-14(15)19)27-18-21-16(10-26-18)12-5-3-2-4-6-12/h2-11H,1H3,(H,20,23)/t11-/m1/s1. The van der Waals surface area contributed by atoms with Gasteiger partial charge in [0.05, 0.1) is 26.6 Å². The average molecular weight is 420 g/mol. The molecule has 0 unspecified atom stereocenters. The fourth-order valence-electron chi connectivity index (χ4n) is 2.21. The van der Waals surface area contributed by atoms with Crippen LogP contribution in [0.1, 0.15) is 6.92 Å². The van der Waals surface area contributed by atoms with Gasteiger partial charge in [0.1, 0.15) is 0 Å². The summed E-state index contributed by atoms with van der Waals surface area (Å²) in [6.07, 6.45) is 0. The lowest BCUT2D eigenvalue weighted by Gasteiger charge is -2.11. The highest BCUT2D eigenvalue weighted by Crippen LogP contribution is 2.32. The number of nitrogens with zero attached hydrogens (tertiary/aromatic N) is 2. The molecule has 0 saturated carbocycles. The molecule has 1 aromatic heterocycles. The van der Waals surface area contributed by atoms with Crippen LogP contribution in [0.3, 0.4) is 0 Å². The van der Waals surface area contributed by atoms with Gasteiger partial charge in [0.15, 0.2) is 4.34 Å². The number of anilines is 1. The summed E-state index contributed by atoms with van der Waals surface area (Å²) in [5.74, 6) is -0.257. The molecule has 0 aliphatic carbocycles. The van der Waals surface area contributed by atoms with Crippen LogP contribution in [0.2, 0.25) is 5.02 Å². The van der Waals surface area contributed by atoms with Gasteiger partial charge >= 0.3 is 0 Å². The number of carbonyl (C=O) groups is 1. The lowest BCUT2D eigenvalue weighted by molar-refractivity contribution is -0.384. The molecular formula is C18H14ClN3O3S2. The van der Waals surface area contributed by atoms with Crippen molar-refractivity contribution in [3.63, 3.8) is 0 Å². The summed E-state index contributed by atoms with van der Waals surface area (Å²) >= 11 is 8.84. The fraction of sp³-hybridized carbons (Fsp3) is 0.111. The van der Waals surface area contributed by atoms with E-state index < -0.39 is 10.2 Å². The highest BCUT2D eigenvalue weighted by atomic mass is 35.5. The van der Waals surface area contributed by atoms with Gasteiger partial charge in [-0.1, -0.05) is 53.7 Å². The van der Waals surface area contributed by atoms with Crippen LogP contribution < -0.4 is 5.32 Å². The number of thiazole rings is 1. The van der Waals surface area contributed by atoms with Crippen LogP contribution in [0.25, 0.3) is 11.3 Å². The van der Waals surface area contributed by atoms with Crippen molar-refractivity contribution in [1.82, 2.24) is 4.98 Å². The monoisotopic (exact) mass is 419 g/mol. The molecular weight excluding hydrogens is 406 g/mol. The van der Waals surface area contributed by atoms with Gasteiger partial charge < -0.3 is 5.32 Å². The molecule has 27 heavy (non-hydrogen) atoms. The molecule has 9 heteroatoms. The first-order valence-corrected chi connectivity index (χ1v) is 10.00. The number of rotatable bonds is 6. The van der Waals surface area contributed by atoms with E-state index in [0.29, 0.717) is 5.69 Å². The number of halogens is 1. The third-order valence-electron chi connectivity index (χ3n) is 3.62. The van der Waals surface area contributed by atoms with Crippen LogP contribution in [0.15, 0.2) is 58.3 Å². The Morgan fingerprint density at radius 2 is 2.04 bits per heavy atom. The first-order chi connectivity index (χ1) is 12.9. The summed E-state index contributed by atoms with van der Waals surface area (Å²) in [6, 6.07) is 13.7. The zero-order chi connectivity index (χ0) is 19.4. The van der Waals surface area contributed by atoms with E-state index in [1.807, 2.05) is 35.7 Å². The smallest absolute Gasteiger partial charge is 0.271 e. The Morgan fingerprint density at radius 3 is 2.70 bits per heavy atom. The Bertz CT molecular complexity index is 979. The number of thioether (sulfide) groups is 1. The molecule has 0 spiro atoms. The number of nitro groups is 1. The predicted octanol–water partition coefficient (Wildman–Crippen LogP) is 5.49. The average Bonchev–Trinajstić information content (AvgIpc) is 3.12. The lowest BCUT2D eigenvalue weighted by Crippen LogP contribution is -2.22. The minimum atomic E-state index is -0.539. The first-order valence-electron chi connectivity index (χ1n) is 7.86. The van der Waals surface area contributed by atoms with E-state index >= 15 is 0 Å². The van der Waals surface area contributed by atoms with Crippen LogP contribution >= 0.6 is 34.7 Å². The number of hydrogen-bond donors (Lipinski definition) is 1. The van der Waals surface area contributed by atoms with Crippen molar-refractivity contribution in [3.8, 4) is 11.3 Å². The third kappa shape index (κ3) is 4.85. The van der Waals surface area contributed by atoms with E-state index in [1.165, 1.54) is 41.3 Å². The second kappa shape index (κ2) is 8.51. The minimum absolute atomic E-state index is 0.121. The van der Waals surface area contributed by atoms with Gasteiger partial charge in [-0.25, -0.2) is 4.98 Å². The second-order valence-corrected chi connectivity index (χ2v) is 8.39. The molecule has 0 aliphatic heterocycles. The van der Waals surface area contributed by atoms with Crippen molar-refractivity contribution in [3.05, 3.63) is 69.0 Å². The maximum Gasteiger partial charge on any atom is 0.271 e. The van der Waals surface area contributed by atoms with Crippen LogP contribution in [0.5, 0.6) is 0 Å². The van der Waals surface area contributed by atoms with Crippen molar-refractivity contribution in [2.75, 3.05) is 5.32 Å². The van der Waals surface area contributed by atoms with E-state index in [9.17, 15) is 14.9 Å². The van der Waals surface area contributed by atoms with E-state index in [4.69, 9.17) is 11.6 Å². The van der Waals surface area contributed by atoms with Gasteiger partial charge in [-0.2, -0.15) is 0 Å². The molecule has 0 fully saturated rings. The fourth-order valence-corrected chi connectivity index (χ4v) is 4.40. The van der Waals surface area contributed by atoms with E-state index in [0.717, 1.165) is 15.6 Å². The molecule has 138 valence electrons. The summed E-state index contributed by atoms with van der Waals surface area (Å²) in [6.45, 7) is 1.77. The van der Waals surface area contributed by atoms with Gasteiger partial charge in [-0.3, -0.25) is 14.9 Å². The molecule has 3 rings (SSSR count). The Labute approximate surface area is 168 Å². The number of aromatic nitrogens is 1. The van der Waals surface area contributed by atoms with Crippen molar-refractivity contribution in [2.45, 2.75) is 16.5 Å². The number of nitro benzene ring substituents is 1. The van der Waals surface area contributed by atoms with Crippen LogP contribution in [0.4, 0.5) is 11.4 Å². The van der Waals surface area contributed by atoms with Crippen LogP contribution in [-0.4, -0.2) is 21.1 Å². The Hall–Kier alpha value is -2.42. The Kier molecular flexibility index (Phi) is 6.10. The largest absolute Gasteiger partial charge is 0.324 e. The summed E-state index contributed by atoms with van der Waals surface area (Å²) < 4.78 is 0.784. The van der Waals surface area contributed by atoms with Gasteiger partial charge in [0.25, 0.3) is 5.69 Å². The molecule has 0 bridgehead atoms. The lowest BCUT2D eigenvalue weighted by atomic mass is 10.2. The quantitative estimate of drug-likeness (QED) is 0.324. The van der Waals surface area contributed by atoms with E-state index in [1.54, 1.807) is 6.92 Å². The SMILES string of the molecule is C[C@@H](Sc1nc(-c2ccccc2)cs1)C(=O)Nc1ccc([N+](=O)[O-])cc1Cl. The summed E-state index contributed by atoms with van der Waals surface area (Å²) in [4.78, 5) is 27.2. The highest BCUT2D eigenvalue weighted by molar-refractivity contribution is 8.02. The predicted molar refractivity (Wildman–Crippen MR) is 110 cm³/mol. The molecule has 3 aromatic rings. The van der Waals surface area contributed by atoms with Gasteiger partial charge in [0.2, 0.25) is 5.91 Å². The van der Waals surface area contributed by atoms with E-state index in [-0.39, 0.29) is 16.6 Å². The van der Waals surface area contributed by atoms with Crippen molar-refractivity contribution in [1.29, 1.82) is 0 Å². The molecule has 1 N–H and O–H groups in total. The molecule has 0 radical (unpaired) electrons. The summed E-state index contributed by atoms with van der Waals surface area (Å²) in [5.41, 5.74) is 2.10. The van der Waals surface area contributed by atoms with E-state index in [2.05, 4.69) is 10.3 Å². The Morgan fingerprint density at radius 1 is 1.30 bits per heavy atom.